The summed E-state index contributed by atoms with van der Waals surface area (Å²) < 4.78 is 0. The van der Waals surface area contributed by atoms with Crippen molar-refractivity contribution in [1.82, 2.24) is 15.5 Å². The van der Waals surface area contributed by atoms with Crippen molar-refractivity contribution in [3.05, 3.63) is 0 Å². The van der Waals surface area contributed by atoms with Crippen molar-refractivity contribution in [3.8, 4) is 0 Å². The molecule has 0 radical (unpaired) electrons. The van der Waals surface area contributed by atoms with Gasteiger partial charge in [-0.15, -0.1) is 0 Å². The zero-order valence-electron chi connectivity index (χ0n) is 19.7. The van der Waals surface area contributed by atoms with Gasteiger partial charge in [0.2, 0.25) is 23.6 Å². The molecule has 4 atom stereocenters. The Kier molecular flexibility index (Phi) is 12.1. The minimum atomic E-state index is -1.35. The molecule has 0 bridgehead atoms. The lowest BCUT2D eigenvalue weighted by Gasteiger charge is -2.28. The summed E-state index contributed by atoms with van der Waals surface area (Å²) >= 11 is 0. The van der Waals surface area contributed by atoms with Crippen molar-refractivity contribution in [3.63, 3.8) is 0 Å². The fraction of sp³-hybridized carbons (Fsp3) is 0.650. The quantitative estimate of drug-likeness (QED) is 0.0594. The van der Waals surface area contributed by atoms with Gasteiger partial charge in [0.15, 0.2) is 5.96 Å². The number of hydrogen-bond donors (Lipinski definition) is 8. The molecule has 0 aliphatic carbocycles. The van der Waals surface area contributed by atoms with Gasteiger partial charge in [-0.25, -0.2) is 4.79 Å². The Labute approximate surface area is 206 Å². The molecule has 1 aliphatic heterocycles. The van der Waals surface area contributed by atoms with E-state index in [2.05, 4.69) is 15.6 Å². The summed E-state index contributed by atoms with van der Waals surface area (Å²) in [6.45, 7) is 0.304. The number of carbonyl (C=O) groups excluding carboxylic acids is 4. The number of carboxylic acids is 2. The number of carboxylic acid groups (broad SMARTS) is 2. The first kappa shape index (κ1) is 30.1. The van der Waals surface area contributed by atoms with Gasteiger partial charge < -0.3 is 48.7 Å². The molecule has 1 saturated heterocycles. The van der Waals surface area contributed by atoms with Crippen LogP contribution >= 0.6 is 0 Å². The van der Waals surface area contributed by atoms with Crippen LogP contribution in [0.1, 0.15) is 44.9 Å². The normalized spacial score (nSPS) is 17.4. The SMILES string of the molecule is NC(=O)CCC(NC(=O)C1CCCN1C(=O)C(N)CC(=O)O)C(=O)NC(CCCN=C(N)N)C(=O)O. The van der Waals surface area contributed by atoms with Crippen LogP contribution in [0, 0.1) is 0 Å². The lowest BCUT2D eigenvalue weighted by Crippen LogP contribution is -2.56. The topological polar surface area (TPSA) is 287 Å². The van der Waals surface area contributed by atoms with Crippen molar-refractivity contribution in [2.45, 2.75) is 69.1 Å². The Morgan fingerprint density at radius 1 is 1.00 bits per heavy atom. The highest BCUT2D eigenvalue weighted by Gasteiger charge is 2.38. The number of likely N-dealkylation sites (tertiary alicyclic amines) is 1. The first-order valence-corrected chi connectivity index (χ1v) is 11.3. The summed E-state index contributed by atoms with van der Waals surface area (Å²) in [5, 5.41) is 23.1. The minimum absolute atomic E-state index is 0.0132. The molecular weight excluding hydrogens is 480 g/mol. The Hall–Kier alpha value is -3.95. The van der Waals surface area contributed by atoms with Gasteiger partial charge in [-0.2, -0.15) is 0 Å². The number of amides is 4. The molecule has 0 aromatic heterocycles. The molecule has 16 nitrogen and oxygen atoms in total. The molecule has 0 saturated carbocycles. The molecule has 16 heteroatoms. The van der Waals surface area contributed by atoms with Gasteiger partial charge in [0.05, 0.1) is 12.5 Å². The highest BCUT2D eigenvalue weighted by Crippen LogP contribution is 2.19. The van der Waals surface area contributed by atoms with Gasteiger partial charge in [0, 0.05) is 19.5 Å². The number of nitrogens with two attached hydrogens (primary N) is 4. The fourth-order valence-electron chi connectivity index (χ4n) is 3.65. The summed E-state index contributed by atoms with van der Waals surface area (Å²) in [6, 6.07) is -5.01. The average Bonchev–Trinajstić information content (AvgIpc) is 3.26. The van der Waals surface area contributed by atoms with Crippen LogP contribution in [0.15, 0.2) is 4.99 Å². The second-order valence-corrected chi connectivity index (χ2v) is 8.31. The number of hydrogen-bond acceptors (Lipinski definition) is 8. The van der Waals surface area contributed by atoms with Crippen LogP contribution < -0.4 is 33.6 Å². The van der Waals surface area contributed by atoms with Crippen LogP contribution in [0.2, 0.25) is 0 Å². The van der Waals surface area contributed by atoms with E-state index in [9.17, 15) is 33.9 Å². The third kappa shape index (κ3) is 10.1. The second kappa shape index (κ2) is 14.4. The minimum Gasteiger partial charge on any atom is -0.481 e. The fourth-order valence-corrected chi connectivity index (χ4v) is 3.65. The Morgan fingerprint density at radius 2 is 1.67 bits per heavy atom. The zero-order chi connectivity index (χ0) is 27.4. The van der Waals surface area contributed by atoms with Crippen molar-refractivity contribution in [1.29, 1.82) is 0 Å². The number of carbonyl (C=O) groups is 6. The van der Waals surface area contributed by atoms with E-state index in [0.717, 1.165) is 4.90 Å². The summed E-state index contributed by atoms with van der Waals surface area (Å²) in [5.41, 5.74) is 21.2. The number of primary amides is 1. The van der Waals surface area contributed by atoms with Gasteiger partial charge in [-0.1, -0.05) is 0 Å². The third-order valence-electron chi connectivity index (χ3n) is 5.42. The maximum atomic E-state index is 12.9. The number of guanidine groups is 1. The van der Waals surface area contributed by atoms with Crippen LogP contribution in [0.25, 0.3) is 0 Å². The van der Waals surface area contributed by atoms with E-state index < -0.39 is 66.2 Å². The summed E-state index contributed by atoms with van der Waals surface area (Å²) in [6.07, 6.45) is -0.205. The molecule has 1 aliphatic rings. The summed E-state index contributed by atoms with van der Waals surface area (Å²) in [7, 11) is 0. The molecule has 4 amide bonds. The number of nitrogens with one attached hydrogen (secondary N) is 2. The highest BCUT2D eigenvalue weighted by atomic mass is 16.4. The van der Waals surface area contributed by atoms with Crippen molar-refractivity contribution in [2.24, 2.45) is 27.9 Å². The van der Waals surface area contributed by atoms with E-state index in [4.69, 9.17) is 28.0 Å². The van der Waals surface area contributed by atoms with E-state index in [1.54, 1.807) is 0 Å². The lowest BCUT2D eigenvalue weighted by atomic mass is 10.1. The lowest BCUT2D eigenvalue weighted by molar-refractivity contribution is -0.144. The number of aliphatic imine (C=N–C) groups is 1. The van der Waals surface area contributed by atoms with E-state index in [0.29, 0.717) is 6.42 Å². The highest BCUT2D eigenvalue weighted by molar-refractivity contribution is 5.95. The molecule has 0 spiro atoms. The van der Waals surface area contributed by atoms with Gasteiger partial charge in [-0.3, -0.25) is 29.0 Å². The van der Waals surface area contributed by atoms with Crippen LogP contribution in [0.4, 0.5) is 0 Å². The van der Waals surface area contributed by atoms with Crippen molar-refractivity contribution < 1.29 is 39.0 Å². The summed E-state index contributed by atoms with van der Waals surface area (Å²) in [5.74, 6) is -5.82. The number of aliphatic carboxylic acids is 2. The zero-order valence-corrected chi connectivity index (χ0v) is 19.7. The standard InChI is InChI=1S/C20H34N8O8/c21-10(9-15(30)31)18(34)28-8-2-4-13(28)17(33)26-11(5-6-14(22)29)16(32)27-12(19(35)36)3-1-7-25-20(23)24/h10-13H,1-9,21H2,(H2,22,29)(H,26,33)(H,27,32)(H,30,31)(H,35,36)(H4,23,24,25). The smallest absolute Gasteiger partial charge is 0.326 e. The van der Waals surface area contributed by atoms with Crippen molar-refractivity contribution >= 4 is 41.5 Å². The third-order valence-corrected chi connectivity index (χ3v) is 5.42. The molecule has 0 aromatic rings. The largest absolute Gasteiger partial charge is 0.481 e. The first-order valence-electron chi connectivity index (χ1n) is 11.3. The Bertz CT molecular complexity index is 876. The molecule has 0 aromatic carbocycles. The van der Waals surface area contributed by atoms with Gasteiger partial charge in [0.1, 0.15) is 18.1 Å². The monoisotopic (exact) mass is 514 g/mol. The molecule has 1 rings (SSSR count). The number of rotatable bonds is 15. The average molecular weight is 515 g/mol. The van der Waals surface area contributed by atoms with Crippen LogP contribution in [0.5, 0.6) is 0 Å². The maximum Gasteiger partial charge on any atom is 0.326 e. The van der Waals surface area contributed by atoms with Crippen LogP contribution in [-0.2, 0) is 28.8 Å². The van der Waals surface area contributed by atoms with Crippen molar-refractivity contribution in [2.75, 3.05) is 13.1 Å². The molecule has 36 heavy (non-hydrogen) atoms. The molecule has 1 fully saturated rings. The predicted octanol–water partition coefficient (Wildman–Crippen LogP) is -3.85. The van der Waals surface area contributed by atoms with Gasteiger partial charge >= 0.3 is 11.9 Å². The maximum absolute atomic E-state index is 12.9. The van der Waals surface area contributed by atoms with Gasteiger partial charge in [-0.05, 0) is 32.1 Å². The van der Waals surface area contributed by atoms with E-state index in [-0.39, 0.29) is 51.2 Å². The first-order chi connectivity index (χ1) is 16.8. The molecular formula is C20H34N8O8. The van der Waals surface area contributed by atoms with Gasteiger partial charge in [0.25, 0.3) is 0 Å². The molecule has 1 heterocycles. The van der Waals surface area contributed by atoms with E-state index in [1.807, 2.05) is 0 Å². The van der Waals surface area contributed by atoms with Crippen LogP contribution in [0.3, 0.4) is 0 Å². The summed E-state index contributed by atoms with van der Waals surface area (Å²) in [4.78, 5) is 76.9. The van der Waals surface area contributed by atoms with E-state index in [1.165, 1.54) is 0 Å². The Balaban J connectivity index is 2.91. The molecule has 4 unspecified atom stereocenters. The van der Waals surface area contributed by atoms with Crippen LogP contribution in [-0.4, -0.2) is 93.9 Å². The molecule has 12 N–H and O–H groups in total. The Morgan fingerprint density at radius 3 is 2.22 bits per heavy atom. The number of nitrogens with zero attached hydrogens (tertiary/aromatic N) is 2. The second-order valence-electron chi connectivity index (χ2n) is 8.31. The predicted molar refractivity (Wildman–Crippen MR) is 125 cm³/mol. The van der Waals surface area contributed by atoms with E-state index >= 15 is 0 Å². The molecule has 202 valence electrons.